The van der Waals surface area contributed by atoms with Crippen LogP contribution in [0.1, 0.15) is 6.42 Å². The van der Waals surface area contributed by atoms with Gasteiger partial charge in [-0.05, 0) is 0 Å². The van der Waals surface area contributed by atoms with E-state index >= 15 is 0 Å². The molecule has 0 aliphatic heterocycles. The molecule has 0 spiro atoms. The molecule has 0 bridgehead atoms. The van der Waals surface area contributed by atoms with Crippen LogP contribution in [0.15, 0.2) is 0 Å². The van der Waals surface area contributed by atoms with Crippen molar-refractivity contribution in [1.82, 2.24) is 0 Å². The van der Waals surface area contributed by atoms with Crippen molar-refractivity contribution in [3.63, 3.8) is 0 Å². The second kappa shape index (κ2) is 6.54. The molecule has 0 radical (unpaired) electrons. The first-order valence-electron chi connectivity index (χ1n) is 3.55. The fraction of sp³-hybridized carbons (Fsp3) is 1.00. The van der Waals surface area contributed by atoms with Crippen molar-refractivity contribution in [2.45, 2.75) is 12.7 Å². The molecular weight excluding hydrogens is 148 g/mol. The number of hydrogen-bond acceptors (Lipinski definition) is 4. The number of methoxy groups -OCH3 is 2. The predicted molar refractivity (Wildman–Crippen MR) is 40.1 cm³/mol. The van der Waals surface area contributed by atoms with Crippen LogP contribution in [0.2, 0.25) is 0 Å². The zero-order chi connectivity index (χ0) is 8.69. The fourth-order valence-electron chi connectivity index (χ4n) is 0.768. The third kappa shape index (κ3) is 4.31. The summed E-state index contributed by atoms with van der Waals surface area (Å²) in [6.07, 6.45) is 0.180. The van der Waals surface area contributed by atoms with Crippen molar-refractivity contribution in [3.8, 4) is 0 Å². The summed E-state index contributed by atoms with van der Waals surface area (Å²) in [5, 5.41) is 17.4. The molecule has 0 aliphatic rings. The fourth-order valence-corrected chi connectivity index (χ4v) is 0.768. The largest absolute Gasteiger partial charge is 0.396 e. The van der Waals surface area contributed by atoms with Crippen molar-refractivity contribution in [3.05, 3.63) is 0 Å². The Morgan fingerprint density at radius 3 is 1.82 bits per heavy atom. The highest BCUT2D eigenvalue weighted by molar-refractivity contribution is 4.57. The standard InChI is InChI=1S/C7H16O4/c1-10-7(11-2)3-6(4-8)5-9/h6-9H,3-5H2,1-2H3. The molecule has 0 aromatic heterocycles. The molecule has 4 nitrogen and oxygen atoms in total. The van der Waals surface area contributed by atoms with Crippen LogP contribution < -0.4 is 0 Å². The van der Waals surface area contributed by atoms with Gasteiger partial charge in [0.2, 0.25) is 0 Å². The maximum atomic E-state index is 8.69. The van der Waals surface area contributed by atoms with Crippen molar-refractivity contribution < 1.29 is 19.7 Å². The van der Waals surface area contributed by atoms with E-state index in [0.717, 1.165) is 0 Å². The van der Waals surface area contributed by atoms with Gasteiger partial charge in [-0.2, -0.15) is 0 Å². The summed E-state index contributed by atoms with van der Waals surface area (Å²) in [5.41, 5.74) is 0. The minimum Gasteiger partial charge on any atom is -0.396 e. The normalized spacial score (nSPS) is 11.5. The van der Waals surface area contributed by atoms with Gasteiger partial charge in [0.15, 0.2) is 6.29 Å². The van der Waals surface area contributed by atoms with Crippen molar-refractivity contribution in [1.29, 1.82) is 0 Å². The Balaban J connectivity index is 3.58. The molecule has 0 saturated heterocycles. The van der Waals surface area contributed by atoms with E-state index < -0.39 is 0 Å². The van der Waals surface area contributed by atoms with Gasteiger partial charge in [-0.15, -0.1) is 0 Å². The number of hydrogen-bond donors (Lipinski definition) is 2. The molecule has 0 heterocycles. The van der Waals surface area contributed by atoms with Crippen molar-refractivity contribution in [2.24, 2.45) is 5.92 Å². The molecule has 0 amide bonds. The number of aliphatic hydroxyl groups excluding tert-OH is 2. The Morgan fingerprint density at radius 1 is 1.09 bits per heavy atom. The first-order chi connectivity index (χ1) is 5.28. The molecule has 0 unspecified atom stereocenters. The summed E-state index contributed by atoms with van der Waals surface area (Å²) in [6, 6.07) is 0. The molecule has 0 rings (SSSR count). The molecular formula is C7H16O4. The Hall–Kier alpha value is -0.160. The average Bonchev–Trinajstić information content (AvgIpc) is 2.07. The Bertz CT molecular complexity index is 68.5. The highest BCUT2D eigenvalue weighted by Gasteiger charge is 2.13. The van der Waals surface area contributed by atoms with Gasteiger partial charge in [-0.25, -0.2) is 0 Å². The molecule has 0 fully saturated rings. The number of rotatable bonds is 6. The maximum absolute atomic E-state index is 8.69. The summed E-state index contributed by atoms with van der Waals surface area (Å²) in [5.74, 6) is -0.153. The highest BCUT2D eigenvalue weighted by atomic mass is 16.7. The molecule has 0 aliphatic carbocycles. The van der Waals surface area contributed by atoms with Crippen LogP contribution in [-0.2, 0) is 9.47 Å². The van der Waals surface area contributed by atoms with Gasteiger partial charge in [0.25, 0.3) is 0 Å². The lowest BCUT2D eigenvalue weighted by Crippen LogP contribution is -2.22. The van der Waals surface area contributed by atoms with Crippen LogP contribution in [-0.4, -0.2) is 43.9 Å². The van der Waals surface area contributed by atoms with E-state index in [1.807, 2.05) is 0 Å². The summed E-state index contributed by atoms with van der Waals surface area (Å²) in [7, 11) is 3.06. The Morgan fingerprint density at radius 2 is 1.55 bits per heavy atom. The van der Waals surface area contributed by atoms with Crippen molar-refractivity contribution in [2.75, 3.05) is 27.4 Å². The summed E-state index contributed by atoms with van der Waals surface area (Å²) in [4.78, 5) is 0. The van der Waals surface area contributed by atoms with Gasteiger partial charge >= 0.3 is 0 Å². The zero-order valence-electron chi connectivity index (χ0n) is 6.99. The first kappa shape index (κ1) is 10.8. The molecule has 0 aromatic carbocycles. The maximum Gasteiger partial charge on any atom is 0.157 e. The molecule has 0 saturated carbocycles. The van der Waals surface area contributed by atoms with Gasteiger partial charge < -0.3 is 19.7 Å². The summed E-state index contributed by atoms with van der Waals surface area (Å²) >= 11 is 0. The van der Waals surface area contributed by atoms with Gasteiger partial charge in [-0.1, -0.05) is 0 Å². The van der Waals surface area contributed by atoms with Crippen LogP contribution >= 0.6 is 0 Å². The van der Waals surface area contributed by atoms with Gasteiger partial charge in [-0.3, -0.25) is 0 Å². The second-order valence-corrected chi connectivity index (χ2v) is 2.37. The number of ether oxygens (including phenoxy) is 2. The minimum absolute atomic E-state index is 0.0419. The van der Waals surface area contributed by atoms with E-state index in [4.69, 9.17) is 19.7 Å². The quantitative estimate of drug-likeness (QED) is 0.524. The lowest BCUT2D eigenvalue weighted by atomic mass is 10.1. The predicted octanol–water partition coefficient (Wildman–Crippen LogP) is -0.404. The van der Waals surface area contributed by atoms with Crippen LogP contribution in [0, 0.1) is 5.92 Å². The van der Waals surface area contributed by atoms with Crippen LogP contribution in [0.25, 0.3) is 0 Å². The van der Waals surface area contributed by atoms with Crippen LogP contribution in [0.4, 0.5) is 0 Å². The molecule has 11 heavy (non-hydrogen) atoms. The SMILES string of the molecule is COC(CC(CO)CO)OC. The van der Waals surface area contributed by atoms with E-state index in [9.17, 15) is 0 Å². The number of aliphatic hydroxyl groups is 2. The van der Waals surface area contributed by atoms with E-state index in [-0.39, 0.29) is 25.4 Å². The van der Waals surface area contributed by atoms with E-state index in [1.54, 1.807) is 0 Å². The lowest BCUT2D eigenvalue weighted by molar-refractivity contribution is -0.119. The summed E-state index contributed by atoms with van der Waals surface area (Å²) in [6.45, 7) is -0.0839. The van der Waals surface area contributed by atoms with Crippen LogP contribution in [0.5, 0.6) is 0 Å². The van der Waals surface area contributed by atoms with Crippen LogP contribution in [0.3, 0.4) is 0 Å². The Kier molecular flexibility index (Phi) is 6.45. The Labute approximate surface area is 66.7 Å². The molecule has 68 valence electrons. The topological polar surface area (TPSA) is 58.9 Å². The smallest absolute Gasteiger partial charge is 0.157 e. The third-order valence-electron chi connectivity index (χ3n) is 1.57. The monoisotopic (exact) mass is 164 g/mol. The van der Waals surface area contributed by atoms with Gasteiger partial charge in [0.1, 0.15) is 0 Å². The van der Waals surface area contributed by atoms with Crippen molar-refractivity contribution >= 4 is 0 Å². The zero-order valence-corrected chi connectivity index (χ0v) is 6.99. The second-order valence-electron chi connectivity index (χ2n) is 2.37. The van der Waals surface area contributed by atoms with Gasteiger partial charge in [0, 0.05) is 39.8 Å². The van der Waals surface area contributed by atoms with E-state index in [0.29, 0.717) is 6.42 Å². The molecule has 4 heteroatoms. The molecule has 0 aromatic rings. The van der Waals surface area contributed by atoms with Gasteiger partial charge in [0.05, 0.1) is 0 Å². The highest BCUT2D eigenvalue weighted by Crippen LogP contribution is 2.07. The van der Waals surface area contributed by atoms with E-state index in [2.05, 4.69) is 0 Å². The van der Waals surface area contributed by atoms with E-state index in [1.165, 1.54) is 14.2 Å². The third-order valence-corrected chi connectivity index (χ3v) is 1.57. The lowest BCUT2D eigenvalue weighted by Gasteiger charge is -2.17. The minimum atomic E-state index is -0.334. The molecule has 0 atom stereocenters. The average molecular weight is 164 g/mol. The summed E-state index contributed by atoms with van der Waals surface area (Å²) < 4.78 is 9.78. The first-order valence-corrected chi connectivity index (χ1v) is 3.55. The molecule has 2 N–H and O–H groups in total.